The number of hydrogen-bond donors (Lipinski definition) is 2. The molecule has 0 radical (unpaired) electrons. The summed E-state index contributed by atoms with van der Waals surface area (Å²) in [5, 5.41) is 19.7. The minimum Gasteiger partial charge on any atom is -0.481 e. The number of nitrogens with zero attached hydrogens (tertiary/aromatic N) is 2. The molecule has 2 amide bonds. The third-order valence-corrected chi connectivity index (χ3v) is 6.78. The van der Waals surface area contributed by atoms with E-state index < -0.39 is 41.6 Å². The number of fused-ring (bicyclic) bond motifs is 1. The highest BCUT2D eigenvalue weighted by Crippen LogP contribution is 2.59. The Morgan fingerprint density at radius 2 is 2.17 bits per heavy atom. The van der Waals surface area contributed by atoms with Gasteiger partial charge in [0, 0.05) is 13.1 Å². The molecule has 1 spiro atoms. The van der Waals surface area contributed by atoms with Crippen LogP contribution in [-0.4, -0.2) is 81.3 Å². The number of aliphatic hydroxyl groups excluding tert-OH is 1. The van der Waals surface area contributed by atoms with Crippen molar-refractivity contribution in [2.75, 3.05) is 19.7 Å². The van der Waals surface area contributed by atoms with E-state index in [9.17, 15) is 24.6 Å². The topological polar surface area (TPSA) is 107 Å². The lowest BCUT2D eigenvalue weighted by Crippen LogP contribution is -2.58. The third-order valence-electron chi connectivity index (χ3n) is 6.78. The molecule has 2 unspecified atom stereocenters. The molecule has 0 aromatic heterocycles. The molecular weight excluding hydrogens is 376 g/mol. The SMILES string of the molecule is C=CCN(CCCC)C(=O)C1N([C@@H](CC)CO)C(=O)[C@@H]2[C@H](C(=O)O)[C@@H]3CCC12O3. The first kappa shape index (κ1) is 21.8. The van der Waals surface area contributed by atoms with Crippen LogP contribution in [0.2, 0.25) is 0 Å². The van der Waals surface area contributed by atoms with Crippen molar-refractivity contribution in [2.45, 2.75) is 69.7 Å². The molecule has 8 heteroatoms. The average molecular weight is 408 g/mol. The number of carboxylic acids is 1. The highest BCUT2D eigenvalue weighted by Gasteiger charge is 2.75. The summed E-state index contributed by atoms with van der Waals surface area (Å²) in [7, 11) is 0. The van der Waals surface area contributed by atoms with Gasteiger partial charge in [-0.25, -0.2) is 0 Å². The van der Waals surface area contributed by atoms with Gasteiger partial charge in [-0.2, -0.15) is 0 Å². The van der Waals surface area contributed by atoms with Crippen molar-refractivity contribution in [1.29, 1.82) is 0 Å². The van der Waals surface area contributed by atoms with Crippen molar-refractivity contribution in [3.05, 3.63) is 12.7 Å². The summed E-state index contributed by atoms with van der Waals surface area (Å²) in [6.07, 6.45) is 4.29. The van der Waals surface area contributed by atoms with Gasteiger partial charge in [0.25, 0.3) is 0 Å². The lowest BCUT2D eigenvalue weighted by Gasteiger charge is -2.39. The van der Waals surface area contributed by atoms with Gasteiger partial charge in [-0.1, -0.05) is 26.3 Å². The molecule has 3 aliphatic heterocycles. The normalized spacial score (nSPS) is 33.6. The van der Waals surface area contributed by atoms with E-state index in [1.165, 1.54) is 4.90 Å². The first-order chi connectivity index (χ1) is 13.9. The third kappa shape index (κ3) is 3.26. The Labute approximate surface area is 171 Å². The summed E-state index contributed by atoms with van der Waals surface area (Å²) in [4.78, 5) is 42.2. The predicted molar refractivity (Wildman–Crippen MR) is 105 cm³/mol. The zero-order valence-corrected chi connectivity index (χ0v) is 17.2. The van der Waals surface area contributed by atoms with E-state index in [0.29, 0.717) is 32.4 Å². The Morgan fingerprint density at radius 3 is 2.72 bits per heavy atom. The van der Waals surface area contributed by atoms with Gasteiger partial charge < -0.3 is 24.7 Å². The standard InChI is InChI=1S/C21H32N2O6/c1-4-7-11-22(10-5-2)19(26)17-21-9-8-14(29-21)15(20(27)28)16(21)18(25)23(17)13(6-3)12-24/h5,13-17,24H,2,4,6-12H2,1,3H3,(H,27,28)/t13-,14-,15+,16-,17?,21?/m0/s1. The summed E-state index contributed by atoms with van der Waals surface area (Å²) < 4.78 is 6.17. The summed E-state index contributed by atoms with van der Waals surface area (Å²) in [5.74, 6) is -3.52. The highest BCUT2D eigenvalue weighted by molar-refractivity contribution is 5.98. The fourth-order valence-corrected chi connectivity index (χ4v) is 5.43. The molecule has 0 aromatic rings. The molecule has 2 N–H and O–H groups in total. The van der Waals surface area contributed by atoms with Crippen LogP contribution < -0.4 is 0 Å². The number of carbonyl (C=O) groups excluding carboxylic acids is 2. The van der Waals surface area contributed by atoms with Gasteiger partial charge in [-0.05, 0) is 25.7 Å². The number of hydrogen-bond acceptors (Lipinski definition) is 5. The Bertz CT molecular complexity index is 678. The molecular formula is C21H32N2O6. The van der Waals surface area contributed by atoms with Gasteiger partial charge in [-0.15, -0.1) is 6.58 Å². The lowest BCUT2D eigenvalue weighted by atomic mass is 9.70. The van der Waals surface area contributed by atoms with E-state index in [4.69, 9.17) is 4.74 Å². The van der Waals surface area contributed by atoms with Gasteiger partial charge in [-0.3, -0.25) is 14.4 Å². The Kier molecular flexibility index (Phi) is 6.33. The fourth-order valence-electron chi connectivity index (χ4n) is 5.43. The second kappa shape index (κ2) is 8.44. The molecule has 3 heterocycles. The van der Waals surface area contributed by atoms with Crippen molar-refractivity contribution in [3.63, 3.8) is 0 Å². The van der Waals surface area contributed by atoms with Crippen molar-refractivity contribution in [2.24, 2.45) is 11.8 Å². The van der Waals surface area contributed by atoms with Crippen LogP contribution in [0.25, 0.3) is 0 Å². The van der Waals surface area contributed by atoms with Gasteiger partial charge in [0.1, 0.15) is 11.6 Å². The van der Waals surface area contributed by atoms with E-state index in [1.54, 1.807) is 11.0 Å². The van der Waals surface area contributed by atoms with Crippen LogP contribution in [0.5, 0.6) is 0 Å². The Morgan fingerprint density at radius 1 is 1.45 bits per heavy atom. The second-order valence-corrected chi connectivity index (χ2v) is 8.31. The minimum absolute atomic E-state index is 0.243. The summed E-state index contributed by atoms with van der Waals surface area (Å²) in [6.45, 7) is 8.21. The van der Waals surface area contributed by atoms with Crippen molar-refractivity contribution >= 4 is 17.8 Å². The molecule has 0 aliphatic carbocycles. The lowest BCUT2D eigenvalue weighted by molar-refractivity contribution is -0.153. The number of aliphatic hydroxyl groups is 1. The largest absolute Gasteiger partial charge is 0.481 e. The zero-order valence-electron chi connectivity index (χ0n) is 17.2. The van der Waals surface area contributed by atoms with Crippen molar-refractivity contribution in [1.82, 2.24) is 9.80 Å². The number of rotatable bonds is 10. The van der Waals surface area contributed by atoms with Crippen LogP contribution in [0, 0.1) is 11.8 Å². The van der Waals surface area contributed by atoms with Gasteiger partial charge in [0.05, 0.1) is 30.6 Å². The smallest absolute Gasteiger partial charge is 0.310 e. The quantitative estimate of drug-likeness (QED) is 0.523. The second-order valence-electron chi connectivity index (χ2n) is 8.31. The minimum atomic E-state index is -1.13. The van der Waals surface area contributed by atoms with Gasteiger partial charge in [0.2, 0.25) is 11.8 Å². The maximum atomic E-state index is 13.7. The maximum Gasteiger partial charge on any atom is 0.310 e. The van der Waals surface area contributed by atoms with E-state index >= 15 is 0 Å². The van der Waals surface area contributed by atoms with Crippen molar-refractivity contribution < 1.29 is 29.3 Å². The molecule has 3 rings (SSSR count). The van der Waals surface area contributed by atoms with Crippen LogP contribution in [0.4, 0.5) is 0 Å². The van der Waals surface area contributed by atoms with Gasteiger partial charge >= 0.3 is 5.97 Å². The predicted octanol–water partition coefficient (Wildman–Crippen LogP) is 1.03. The number of amides is 2. The number of carbonyl (C=O) groups is 3. The maximum absolute atomic E-state index is 13.7. The highest BCUT2D eigenvalue weighted by atomic mass is 16.5. The molecule has 0 saturated carbocycles. The van der Waals surface area contributed by atoms with Crippen molar-refractivity contribution in [3.8, 4) is 0 Å². The van der Waals surface area contributed by atoms with E-state index in [2.05, 4.69) is 6.58 Å². The molecule has 6 atom stereocenters. The molecule has 3 saturated heterocycles. The molecule has 3 aliphatic rings. The first-order valence-electron chi connectivity index (χ1n) is 10.6. The molecule has 8 nitrogen and oxygen atoms in total. The molecule has 29 heavy (non-hydrogen) atoms. The van der Waals surface area contributed by atoms with E-state index in [-0.39, 0.29) is 18.4 Å². The Hall–Kier alpha value is -1.93. The molecule has 0 aromatic carbocycles. The van der Waals surface area contributed by atoms with E-state index in [1.807, 2.05) is 13.8 Å². The zero-order chi connectivity index (χ0) is 21.3. The number of ether oxygens (including phenoxy) is 1. The van der Waals surface area contributed by atoms with Crippen LogP contribution in [-0.2, 0) is 19.1 Å². The van der Waals surface area contributed by atoms with Crippen LogP contribution >= 0.6 is 0 Å². The first-order valence-corrected chi connectivity index (χ1v) is 10.6. The molecule has 2 bridgehead atoms. The number of carboxylic acid groups (broad SMARTS) is 1. The number of likely N-dealkylation sites (tertiary alicyclic amines) is 1. The Balaban J connectivity index is 2.05. The van der Waals surface area contributed by atoms with Crippen LogP contribution in [0.15, 0.2) is 12.7 Å². The number of unbranched alkanes of at least 4 members (excludes halogenated alkanes) is 1. The number of aliphatic carboxylic acids is 1. The van der Waals surface area contributed by atoms with Crippen LogP contribution in [0.1, 0.15) is 46.0 Å². The van der Waals surface area contributed by atoms with Gasteiger partial charge in [0.15, 0.2) is 0 Å². The molecule has 3 fully saturated rings. The fraction of sp³-hybridized carbons (Fsp3) is 0.762. The summed E-state index contributed by atoms with van der Waals surface area (Å²) in [6, 6.07) is -1.46. The average Bonchev–Trinajstić information content (AvgIpc) is 3.34. The molecule has 162 valence electrons. The van der Waals surface area contributed by atoms with E-state index in [0.717, 1.165) is 12.8 Å². The summed E-state index contributed by atoms with van der Waals surface area (Å²) >= 11 is 0. The monoisotopic (exact) mass is 408 g/mol. The van der Waals surface area contributed by atoms with Crippen LogP contribution in [0.3, 0.4) is 0 Å². The summed E-state index contributed by atoms with van der Waals surface area (Å²) in [5.41, 5.74) is -1.13.